The number of benzene rings is 1. The second-order valence-corrected chi connectivity index (χ2v) is 10.9. The number of carbonyl (C=O) groups is 2. The van der Waals surface area contributed by atoms with Gasteiger partial charge in [0.15, 0.2) is 5.69 Å². The smallest absolute Gasteiger partial charge is 0.405 e. The lowest BCUT2D eigenvalue weighted by molar-refractivity contribution is -0.162. The third kappa shape index (κ3) is 4.60. The predicted octanol–water partition coefficient (Wildman–Crippen LogP) is 2.53. The zero-order valence-corrected chi connectivity index (χ0v) is 21.6. The van der Waals surface area contributed by atoms with Crippen molar-refractivity contribution in [2.75, 3.05) is 18.4 Å². The van der Waals surface area contributed by atoms with Gasteiger partial charge in [0.25, 0.3) is 11.5 Å². The van der Waals surface area contributed by atoms with Crippen LogP contribution in [0.4, 0.5) is 20.6 Å². The second-order valence-electron chi connectivity index (χ2n) is 9.62. The first-order valence-electron chi connectivity index (χ1n) is 10.4. The number of rotatable bonds is 5. The molecule has 1 fully saturated rings. The van der Waals surface area contributed by atoms with Crippen LogP contribution in [0.5, 0.6) is 0 Å². The summed E-state index contributed by atoms with van der Waals surface area (Å²) in [7, 11) is 1.38. The van der Waals surface area contributed by atoms with E-state index in [0.717, 1.165) is 10.7 Å². The van der Waals surface area contributed by atoms with Gasteiger partial charge < -0.3 is 25.7 Å². The summed E-state index contributed by atoms with van der Waals surface area (Å²) in [6.45, 7) is 6.63. The van der Waals surface area contributed by atoms with Gasteiger partial charge in [-0.3, -0.25) is 9.59 Å². The molecule has 1 atom stereocenters. The number of likely N-dealkylation sites (tertiary alicyclic amines) is 1. The Morgan fingerprint density at radius 3 is 2.32 bits per heavy atom. The van der Waals surface area contributed by atoms with Gasteiger partial charge in [-0.1, -0.05) is 20.8 Å². The van der Waals surface area contributed by atoms with Crippen molar-refractivity contribution in [3.8, 4) is 0 Å². The fraction of sp³-hybridized carbons (Fsp3) is 0.455. The van der Waals surface area contributed by atoms with E-state index in [1.807, 2.05) is 22.6 Å². The van der Waals surface area contributed by atoms with Crippen molar-refractivity contribution in [1.29, 1.82) is 0 Å². The average molecular weight is 587 g/mol. The lowest BCUT2D eigenvalue weighted by Crippen LogP contribution is -2.80. The first-order chi connectivity index (χ1) is 15.6. The Balaban J connectivity index is 1.92. The number of carbonyl (C=O) groups excluding carboxylic acids is 1. The number of nitrogens with one attached hydrogen (secondary N) is 2. The van der Waals surface area contributed by atoms with Crippen LogP contribution in [0.1, 0.15) is 38.2 Å². The Kier molecular flexibility index (Phi) is 6.70. The number of anilines is 2. The highest BCUT2D eigenvalue weighted by molar-refractivity contribution is 14.1. The van der Waals surface area contributed by atoms with Gasteiger partial charge in [-0.2, -0.15) is 5.10 Å². The number of amides is 2. The molecule has 0 aliphatic carbocycles. The average Bonchev–Trinajstić information content (AvgIpc) is 2.68. The molecule has 2 heterocycles. The molecular weight excluding hydrogens is 560 g/mol. The van der Waals surface area contributed by atoms with E-state index < -0.39 is 39.9 Å². The maximum absolute atomic E-state index is 14.4. The molecular formula is C22H27FIN5O5. The maximum atomic E-state index is 14.4. The highest BCUT2D eigenvalue weighted by atomic mass is 127. The number of β-amino-alcohol motifs (C(OH)–C–C–N with tert-alkyl or cyclic N) is 1. The molecule has 1 aliphatic heterocycles. The molecule has 0 bridgehead atoms. The monoisotopic (exact) mass is 587 g/mol. The van der Waals surface area contributed by atoms with Gasteiger partial charge in [0.1, 0.15) is 11.4 Å². The summed E-state index contributed by atoms with van der Waals surface area (Å²) in [4.78, 5) is 38.2. The molecule has 1 aromatic carbocycles. The summed E-state index contributed by atoms with van der Waals surface area (Å²) < 4.78 is 16.0. The largest absolute Gasteiger partial charge is 0.465 e. The highest BCUT2D eigenvalue weighted by Gasteiger charge is 2.61. The molecule has 4 N–H and O–H groups in total. The molecule has 0 unspecified atom stereocenters. The summed E-state index contributed by atoms with van der Waals surface area (Å²) >= 11 is 1.96. The fourth-order valence-corrected chi connectivity index (χ4v) is 4.39. The van der Waals surface area contributed by atoms with E-state index in [0.29, 0.717) is 3.57 Å². The van der Waals surface area contributed by atoms with Crippen molar-refractivity contribution in [2.24, 2.45) is 12.5 Å². The number of halogens is 2. The number of aliphatic hydroxyl groups is 1. The molecule has 34 heavy (non-hydrogen) atoms. The summed E-state index contributed by atoms with van der Waals surface area (Å²) in [6, 6.07) is 5.60. The Labute approximate surface area is 209 Å². The van der Waals surface area contributed by atoms with Crippen molar-refractivity contribution in [3.05, 3.63) is 49.7 Å². The van der Waals surface area contributed by atoms with Gasteiger partial charge in [0.05, 0.1) is 30.0 Å². The first-order valence-corrected chi connectivity index (χ1v) is 11.5. The third-order valence-corrected chi connectivity index (χ3v) is 7.15. The van der Waals surface area contributed by atoms with E-state index in [-0.39, 0.29) is 30.2 Å². The lowest BCUT2D eigenvalue weighted by Gasteiger charge is -2.59. The molecule has 184 valence electrons. The molecule has 10 nitrogen and oxygen atoms in total. The first kappa shape index (κ1) is 25.9. The van der Waals surface area contributed by atoms with Crippen LogP contribution in [0.15, 0.2) is 29.1 Å². The molecule has 2 amide bonds. The topological polar surface area (TPSA) is 137 Å². The molecule has 2 aromatic rings. The molecule has 0 radical (unpaired) electrons. The minimum atomic E-state index is -1.55. The fourth-order valence-electron chi connectivity index (χ4n) is 3.94. The molecule has 1 saturated heterocycles. The van der Waals surface area contributed by atoms with E-state index >= 15 is 0 Å². The highest BCUT2D eigenvalue weighted by Crippen LogP contribution is 2.44. The zero-order valence-electron chi connectivity index (χ0n) is 19.4. The van der Waals surface area contributed by atoms with Gasteiger partial charge in [0.2, 0.25) is 0 Å². The zero-order chi connectivity index (χ0) is 25.6. The van der Waals surface area contributed by atoms with E-state index in [9.17, 15) is 29.0 Å². The Morgan fingerprint density at radius 2 is 1.79 bits per heavy atom. The van der Waals surface area contributed by atoms with Crippen LogP contribution in [0.25, 0.3) is 0 Å². The van der Waals surface area contributed by atoms with Crippen LogP contribution < -0.4 is 16.2 Å². The van der Waals surface area contributed by atoms with Crippen molar-refractivity contribution >= 4 is 46.0 Å². The van der Waals surface area contributed by atoms with Crippen LogP contribution in [-0.4, -0.2) is 61.1 Å². The van der Waals surface area contributed by atoms with Gasteiger partial charge >= 0.3 is 6.09 Å². The maximum Gasteiger partial charge on any atom is 0.405 e. The Morgan fingerprint density at radius 1 is 1.18 bits per heavy atom. The van der Waals surface area contributed by atoms with E-state index in [1.54, 1.807) is 33.8 Å². The van der Waals surface area contributed by atoms with E-state index in [1.165, 1.54) is 24.1 Å². The Bertz CT molecular complexity index is 1210. The normalized spacial score (nSPS) is 16.9. The minimum absolute atomic E-state index is 0.0193. The Hall–Kier alpha value is -2.74. The van der Waals surface area contributed by atoms with Crippen LogP contribution in [-0.2, 0) is 7.05 Å². The third-order valence-electron chi connectivity index (χ3n) is 6.47. The number of aryl methyl sites for hydroxylation is 1. The van der Waals surface area contributed by atoms with Gasteiger partial charge in [0, 0.05) is 16.7 Å². The lowest BCUT2D eigenvalue weighted by atomic mass is 9.62. The standard InChI is InChI=1S/C22H27FIN5O5/c1-20(2,3)21(4,26-19(32)33)22(34)10-29(11-22)18(31)17-15(9-16(30)28(5)27-17)25-14-7-6-12(24)8-13(14)23/h6-9,25-26,34H,10-11H2,1-5H3,(H,32,33)/t21-/m0/s1. The molecule has 1 aliphatic rings. The molecule has 1 aromatic heterocycles. The van der Waals surface area contributed by atoms with E-state index in [2.05, 4.69) is 15.7 Å². The molecule has 12 heteroatoms. The number of aromatic nitrogens is 2. The number of nitrogens with zero attached hydrogens (tertiary/aromatic N) is 3. The van der Waals surface area contributed by atoms with Crippen LogP contribution in [0.3, 0.4) is 0 Å². The van der Waals surface area contributed by atoms with Crippen molar-refractivity contribution in [2.45, 2.75) is 38.8 Å². The van der Waals surface area contributed by atoms with Gasteiger partial charge in [-0.15, -0.1) is 0 Å². The quantitative estimate of drug-likeness (QED) is 0.395. The summed E-state index contributed by atoms with van der Waals surface area (Å²) in [5.41, 5.74) is -4.05. The van der Waals surface area contributed by atoms with Gasteiger partial charge in [-0.05, 0) is 53.1 Å². The SMILES string of the molecule is Cn1nc(C(=O)N2CC(O)([C@@](C)(NC(=O)O)C(C)(C)C)C2)c(Nc2ccc(I)cc2F)cc1=O. The van der Waals surface area contributed by atoms with E-state index in [4.69, 9.17) is 0 Å². The predicted molar refractivity (Wildman–Crippen MR) is 132 cm³/mol. The summed E-state index contributed by atoms with van der Waals surface area (Å²) in [5.74, 6) is -1.16. The second kappa shape index (κ2) is 8.80. The summed E-state index contributed by atoms with van der Waals surface area (Å²) in [6.07, 6.45) is -1.29. The van der Waals surface area contributed by atoms with Crippen molar-refractivity contribution < 1.29 is 24.2 Å². The van der Waals surface area contributed by atoms with Crippen LogP contribution >= 0.6 is 22.6 Å². The number of hydrogen-bond donors (Lipinski definition) is 4. The summed E-state index contributed by atoms with van der Waals surface area (Å²) in [5, 5.41) is 29.9. The molecule has 0 saturated carbocycles. The number of hydrogen-bond acceptors (Lipinski definition) is 6. The van der Waals surface area contributed by atoms with Crippen molar-refractivity contribution in [1.82, 2.24) is 20.0 Å². The molecule has 3 rings (SSSR count). The van der Waals surface area contributed by atoms with Gasteiger partial charge in [-0.25, -0.2) is 13.9 Å². The van der Waals surface area contributed by atoms with Crippen LogP contribution in [0, 0.1) is 14.8 Å². The van der Waals surface area contributed by atoms with Crippen molar-refractivity contribution in [3.63, 3.8) is 0 Å². The number of carboxylic acid groups (broad SMARTS) is 1. The molecule has 0 spiro atoms. The minimum Gasteiger partial charge on any atom is -0.465 e. The van der Waals surface area contributed by atoms with Crippen LogP contribution in [0.2, 0.25) is 0 Å².